The fourth-order valence-corrected chi connectivity index (χ4v) is 2.65. The molecule has 1 heterocycles. The molecule has 1 N–H and O–H groups in total. The van der Waals surface area contributed by atoms with Gasteiger partial charge in [-0.05, 0) is 39.9 Å². The van der Waals surface area contributed by atoms with Crippen LogP contribution in [-0.4, -0.2) is 49.7 Å². The van der Waals surface area contributed by atoms with Crippen molar-refractivity contribution in [2.75, 3.05) is 39.1 Å². The van der Waals surface area contributed by atoms with Crippen molar-refractivity contribution >= 4 is 6.01 Å². The van der Waals surface area contributed by atoms with Gasteiger partial charge in [0.1, 0.15) is 6.26 Å². The van der Waals surface area contributed by atoms with Crippen LogP contribution >= 0.6 is 0 Å². The summed E-state index contributed by atoms with van der Waals surface area (Å²) in [7, 11) is 6.39. The van der Waals surface area contributed by atoms with Crippen molar-refractivity contribution in [3.8, 4) is 0 Å². The van der Waals surface area contributed by atoms with Gasteiger partial charge >= 0.3 is 0 Å². The van der Waals surface area contributed by atoms with E-state index in [0.29, 0.717) is 5.54 Å². The summed E-state index contributed by atoms with van der Waals surface area (Å²) in [6.45, 7) is 4.78. The van der Waals surface area contributed by atoms with Gasteiger partial charge in [0.15, 0.2) is 0 Å². The van der Waals surface area contributed by atoms with Gasteiger partial charge in [-0.3, -0.25) is 0 Å². The molecule has 0 radical (unpaired) electrons. The first-order valence-electron chi connectivity index (χ1n) is 7.11. The van der Waals surface area contributed by atoms with Gasteiger partial charge in [0.25, 0.3) is 6.01 Å². The molecule has 5 nitrogen and oxygen atoms in total. The van der Waals surface area contributed by atoms with E-state index < -0.39 is 0 Å². The van der Waals surface area contributed by atoms with E-state index in [2.05, 4.69) is 48.2 Å². The molecule has 1 fully saturated rings. The average molecular weight is 266 g/mol. The minimum absolute atomic E-state index is 0.297. The normalized spacial score (nSPS) is 17.5. The Morgan fingerprint density at radius 2 is 2.11 bits per heavy atom. The number of nitrogens with zero attached hydrogens (tertiary/aromatic N) is 3. The van der Waals surface area contributed by atoms with Crippen LogP contribution in [0.5, 0.6) is 0 Å². The monoisotopic (exact) mass is 266 g/mol. The molecule has 1 saturated carbocycles. The summed E-state index contributed by atoms with van der Waals surface area (Å²) >= 11 is 0. The maximum absolute atomic E-state index is 5.57. The van der Waals surface area contributed by atoms with Crippen LogP contribution in [0.2, 0.25) is 0 Å². The number of anilines is 1. The van der Waals surface area contributed by atoms with E-state index in [1.807, 2.05) is 0 Å². The highest BCUT2D eigenvalue weighted by Gasteiger charge is 2.40. The average Bonchev–Trinajstić information content (AvgIpc) is 2.79. The van der Waals surface area contributed by atoms with Crippen LogP contribution < -0.4 is 10.2 Å². The van der Waals surface area contributed by atoms with Gasteiger partial charge in [0.05, 0.1) is 5.69 Å². The van der Waals surface area contributed by atoms with Crippen LogP contribution in [0.4, 0.5) is 6.01 Å². The minimum Gasteiger partial charge on any atom is -0.432 e. The van der Waals surface area contributed by atoms with E-state index in [-0.39, 0.29) is 0 Å². The zero-order chi connectivity index (χ0) is 13.9. The smallest absolute Gasteiger partial charge is 0.297 e. The summed E-state index contributed by atoms with van der Waals surface area (Å²) < 4.78 is 5.57. The van der Waals surface area contributed by atoms with E-state index in [1.165, 1.54) is 19.3 Å². The minimum atomic E-state index is 0.297. The van der Waals surface area contributed by atoms with Crippen molar-refractivity contribution in [1.82, 2.24) is 15.2 Å². The molecule has 5 heteroatoms. The summed E-state index contributed by atoms with van der Waals surface area (Å²) in [6, 6.07) is 0.723. The van der Waals surface area contributed by atoms with E-state index in [0.717, 1.165) is 31.3 Å². The first-order valence-corrected chi connectivity index (χ1v) is 7.11. The quantitative estimate of drug-likeness (QED) is 0.814. The number of likely N-dealkylation sites (N-methyl/N-ethyl adjacent to an activating group) is 2. The van der Waals surface area contributed by atoms with Crippen LogP contribution in [-0.2, 0) is 6.54 Å². The van der Waals surface area contributed by atoms with Crippen molar-refractivity contribution in [2.45, 2.75) is 38.3 Å². The molecule has 0 spiro atoms. The number of hydrogen-bond acceptors (Lipinski definition) is 5. The third-order valence-corrected chi connectivity index (χ3v) is 4.19. The predicted octanol–water partition coefficient (Wildman–Crippen LogP) is 1.70. The highest BCUT2D eigenvalue weighted by atomic mass is 16.4. The van der Waals surface area contributed by atoms with Gasteiger partial charge in [-0.15, -0.1) is 0 Å². The van der Waals surface area contributed by atoms with Gasteiger partial charge < -0.3 is 19.5 Å². The molecular weight excluding hydrogens is 240 g/mol. The van der Waals surface area contributed by atoms with Gasteiger partial charge in [0.2, 0.25) is 0 Å². The molecule has 1 aromatic heterocycles. The first-order chi connectivity index (χ1) is 9.07. The third-order valence-electron chi connectivity index (χ3n) is 4.19. The first kappa shape index (κ1) is 14.3. The number of oxazole rings is 1. The predicted molar refractivity (Wildman–Crippen MR) is 77.4 cm³/mol. The number of rotatable bonds is 7. The zero-order valence-corrected chi connectivity index (χ0v) is 12.6. The Morgan fingerprint density at radius 1 is 1.37 bits per heavy atom. The molecule has 0 amide bonds. The largest absolute Gasteiger partial charge is 0.432 e. The molecule has 19 heavy (non-hydrogen) atoms. The van der Waals surface area contributed by atoms with Gasteiger partial charge in [-0.1, -0.05) is 6.92 Å². The van der Waals surface area contributed by atoms with Crippen LogP contribution in [0.1, 0.15) is 31.9 Å². The second kappa shape index (κ2) is 5.92. The second-order valence-electron chi connectivity index (χ2n) is 5.73. The molecule has 0 saturated heterocycles. The van der Waals surface area contributed by atoms with Crippen molar-refractivity contribution in [1.29, 1.82) is 0 Å². The summed E-state index contributed by atoms with van der Waals surface area (Å²) in [5.74, 6) is 0. The Balaban J connectivity index is 1.95. The molecule has 0 unspecified atom stereocenters. The maximum Gasteiger partial charge on any atom is 0.297 e. The lowest BCUT2D eigenvalue weighted by Gasteiger charge is -2.48. The molecule has 0 bridgehead atoms. The molecule has 1 aliphatic rings. The number of nitrogens with one attached hydrogen (secondary N) is 1. The summed E-state index contributed by atoms with van der Waals surface area (Å²) in [6.07, 6.45) is 5.59. The fraction of sp³-hybridized carbons (Fsp3) is 0.786. The van der Waals surface area contributed by atoms with Gasteiger partial charge in [0, 0.05) is 25.7 Å². The van der Waals surface area contributed by atoms with E-state index in [4.69, 9.17) is 4.42 Å². The third kappa shape index (κ3) is 3.09. The van der Waals surface area contributed by atoms with Crippen LogP contribution in [0.25, 0.3) is 0 Å². The molecule has 0 aliphatic heterocycles. The molecule has 0 aromatic carbocycles. The Labute approximate surface area is 116 Å². The summed E-state index contributed by atoms with van der Waals surface area (Å²) in [4.78, 5) is 9.00. The van der Waals surface area contributed by atoms with Crippen molar-refractivity contribution in [3.63, 3.8) is 0 Å². The van der Waals surface area contributed by atoms with Crippen molar-refractivity contribution in [2.24, 2.45) is 0 Å². The standard InChI is InChI=1S/C14H26N4O/c1-5-15-9-12-10-19-13(16-12)18(4)11-14(17(2)3)7-6-8-14/h10,15H,5-9,11H2,1-4H3. The Morgan fingerprint density at radius 3 is 2.63 bits per heavy atom. The molecule has 1 aromatic rings. The molecule has 108 valence electrons. The lowest BCUT2D eigenvalue weighted by Crippen LogP contribution is -2.56. The molecular formula is C14H26N4O. The van der Waals surface area contributed by atoms with Crippen LogP contribution in [0, 0.1) is 0 Å². The Bertz CT molecular complexity index is 398. The lowest BCUT2D eigenvalue weighted by molar-refractivity contribution is 0.0673. The molecule has 0 atom stereocenters. The lowest BCUT2D eigenvalue weighted by atomic mass is 9.75. The zero-order valence-electron chi connectivity index (χ0n) is 12.6. The number of hydrogen-bond donors (Lipinski definition) is 1. The summed E-state index contributed by atoms with van der Waals surface area (Å²) in [5.41, 5.74) is 1.27. The summed E-state index contributed by atoms with van der Waals surface area (Å²) in [5, 5.41) is 3.26. The topological polar surface area (TPSA) is 44.5 Å². The van der Waals surface area contributed by atoms with Gasteiger partial charge in [-0.25, -0.2) is 0 Å². The SMILES string of the molecule is CCNCc1coc(N(C)CC2(N(C)C)CCC2)n1. The van der Waals surface area contributed by atoms with Crippen molar-refractivity contribution in [3.05, 3.63) is 12.0 Å². The van der Waals surface area contributed by atoms with E-state index in [9.17, 15) is 0 Å². The highest BCUT2D eigenvalue weighted by Crippen LogP contribution is 2.37. The van der Waals surface area contributed by atoms with Crippen molar-refractivity contribution < 1.29 is 4.42 Å². The maximum atomic E-state index is 5.57. The fourth-order valence-electron chi connectivity index (χ4n) is 2.65. The molecule has 2 rings (SSSR count). The van der Waals surface area contributed by atoms with E-state index >= 15 is 0 Å². The Kier molecular flexibility index (Phi) is 4.47. The van der Waals surface area contributed by atoms with Crippen LogP contribution in [0.15, 0.2) is 10.7 Å². The van der Waals surface area contributed by atoms with Crippen LogP contribution in [0.3, 0.4) is 0 Å². The van der Waals surface area contributed by atoms with Gasteiger partial charge in [-0.2, -0.15) is 4.98 Å². The van der Waals surface area contributed by atoms with E-state index in [1.54, 1.807) is 6.26 Å². The Hall–Kier alpha value is -1.07. The highest BCUT2D eigenvalue weighted by molar-refractivity contribution is 5.27. The molecule has 1 aliphatic carbocycles. The number of aromatic nitrogens is 1. The second-order valence-corrected chi connectivity index (χ2v) is 5.73.